The van der Waals surface area contributed by atoms with Crippen molar-refractivity contribution in [1.29, 1.82) is 0 Å². The smallest absolute Gasteiger partial charge is 0.236 e. The maximum absolute atomic E-state index is 11.5. The topological polar surface area (TPSA) is 46.3 Å². The van der Waals surface area contributed by atoms with E-state index >= 15 is 0 Å². The molecule has 0 saturated carbocycles. The second-order valence-electron chi connectivity index (χ2n) is 3.51. The van der Waals surface area contributed by atoms with Crippen LogP contribution in [0.15, 0.2) is 30.3 Å². The van der Waals surface area contributed by atoms with Gasteiger partial charge in [0.1, 0.15) is 0 Å². The number of nitrogens with zero attached hydrogens (tertiary/aromatic N) is 1. The molecule has 0 radical (unpaired) electrons. The number of carbonyl (C=O) groups is 1. The molecule has 0 saturated heterocycles. The first kappa shape index (κ1) is 14.9. The number of amides is 1. The standard InChI is InChI=1S/C12H18N2O.ClH/c1-2-8-14(12(15)9-13)10-11-6-4-3-5-7-11;/h3-7H,2,8-10,13H2,1H3;1H. The van der Waals surface area contributed by atoms with Gasteiger partial charge in [0, 0.05) is 13.1 Å². The van der Waals surface area contributed by atoms with Gasteiger partial charge >= 0.3 is 0 Å². The van der Waals surface area contributed by atoms with Gasteiger partial charge in [-0.05, 0) is 12.0 Å². The largest absolute Gasteiger partial charge is 0.337 e. The van der Waals surface area contributed by atoms with Crippen LogP contribution in [-0.2, 0) is 11.3 Å². The predicted octanol–water partition coefficient (Wildman–Crippen LogP) is 1.81. The zero-order chi connectivity index (χ0) is 11.1. The summed E-state index contributed by atoms with van der Waals surface area (Å²) in [7, 11) is 0. The van der Waals surface area contributed by atoms with Crippen molar-refractivity contribution in [3.05, 3.63) is 35.9 Å². The van der Waals surface area contributed by atoms with Gasteiger partial charge in [0.05, 0.1) is 6.54 Å². The van der Waals surface area contributed by atoms with Gasteiger partial charge in [-0.3, -0.25) is 4.79 Å². The summed E-state index contributed by atoms with van der Waals surface area (Å²) in [6.45, 7) is 3.57. The molecule has 3 nitrogen and oxygen atoms in total. The lowest BCUT2D eigenvalue weighted by atomic mass is 10.2. The van der Waals surface area contributed by atoms with Gasteiger partial charge < -0.3 is 10.6 Å². The van der Waals surface area contributed by atoms with E-state index < -0.39 is 0 Å². The van der Waals surface area contributed by atoms with Gasteiger partial charge in [0.2, 0.25) is 5.91 Å². The summed E-state index contributed by atoms with van der Waals surface area (Å²) in [4.78, 5) is 13.3. The minimum Gasteiger partial charge on any atom is -0.337 e. The van der Waals surface area contributed by atoms with E-state index in [0.29, 0.717) is 6.54 Å². The van der Waals surface area contributed by atoms with Gasteiger partial charge in [-0.15, -0.1) is 12.4 Å². The molecule has 16 heavy (non-hydrogen) atoms. The van der Waals surface area contributed by atoms with Crippen molar-refractivity contribution in [2.75, 3.05) is 13.1 Å². The number of benzene rings is 1. The number of hydrogen-bond donors (Lipinski definition) is 1. The van der Waals surface area contributed by atoms with E-state index in [0.717, 1.165) is 18.5 Å². The lowest BCUT2D eigenvalue weighted by Crippen LogP contribution is -2.36. The second-order valence-corrected chi connectivity index (χ2v) is 3.51. The molecule has 0 aliphatic heterocycles. The number of halogens is 1. The summed E-state index contributed by atoms with van der Waals surface area (Å²) >= 11 is 0. The van der Waals surface area contributed by atoms with Crippen LogP contribution in [0.25, 0.3) is 0 Å². The fourth-order valence-electron chi connectivity index (χ4n) is 1.49. The Balaban J connectivity index is 0.00000225. The van der Waals surface area contributed by atoms with E-state index in [2.05, 4.69) is 6.92 Å². The van der Waals surface area contributed by atoms with E-state index in [1.807, 2.05) is 30.3 Å². The molecule has 4 heteroatoms. The number of carbonyl (C=O) groups excluding carboxylic acids is 1. The van der Waals surface area contributed by atoms with E-state index in [1.165, 1.54) is 0 Å². The summed E-state index contributed by atoms with van der Waals surface area (Å²) in [6, 6.07) is 9.97. The Labute approximate surface area is 103 Å². The molecule has 1 rings (SSSR count). The summed E-state index contributed by atoms with van der Waals surface area (Å²) in [6.07, 6.45) is 0.957. The number of rotatable bonds is 5. The highest BCUT2D eigenvalue weighted by atomic mass is 35.5. The summed E-state index contributed by atoms with van der Waals surface area (Å²) in [5, 5.41) is 0. The summed E-state index contributed by atoms with van der Waals surface area (Å²) in [5.41, 5.74) is 6.51. The monoisotopic (exact) mass is 242 g/mol. The summed E-state index contributed by atoms with van der Waals surface area (Å²) < 4.78 is 0. The van der Waals surface area contributed by atoms with Crippen LogP contribution in [0.5, 0.6) is 0 Å². The third-order valence-corrected chi connectivity index (χ3v) is 2.24. The maximum atomic E-state index is 11.5. The zero-order valence-corrected chi connectivity index (χ0v) is 10.4. The van der Waals surface area contributed by atoms with Crippen molar-refractivity contribution in [2.24, 2.45) is 5.73 Å². The number of nitrogens with two attached hydrogens (primary N) is 1. The fraction of sp³-hybridized carbons (Fsp3) is 0.417. The second kappa shape index (κ2) is 8.13. The molecule has 0 aromatic heterocycles. The Morgan fingerprint density at radius 1 is 1.31 bits per heavy atom. The van der Waals surface area contributed by atoms with Crippen LogP contribution in [0.4, 0.5) is 0 Å². The first-order valence-electron chi connectivity index (χ1n) is 5.29. The molecule has 1 amide bonds. The average molecular weight is 243 g/mol. The normalized spacial score (nSPS) is 9.38. The number of hydrogen-bond acceptors (Lipinski definition) is 2. The van der Waals surface area contributed by atoms with Crippen LogP contribution in [0.1, 0.15) is 18.9 Å². The Bertz CT molecular complexity index is 303. The van der Waals surface area contributed by atoms with Gasteiger partial charge in [-0.1, -0.05) is 37.3 Å². The molecule has 2 N–H and O–H groups in total. The van der Waals surface area contributed by atoms with Crippen LogP contribution in [-0.4, -0.2) is 23.9 Å². The Hall–Kier alpha value is -1.06. The van der Waals surface area contributed by atoms with E-state index in [-0.39, 0.29) is 24.9 Å². The molecule has 0 spiro atoms. The molecule has 0 heterocycles. The quantitative estimate of drug-likeness (QED) is 0.856. The molecule has 0 fully saturated rings. The Kier molecular flexibility index (Phi) is 7.60. The molecular formula is C12H19ClN2O. The highest BCUT2D eigenvalue weighted by Gasteiger charge is 2.10. The molecule has 1 aromatic rings. The molecule has 0 bridgehead atoms. The van der Waals surface area contributed by atoms with Crippen LogP contribution in [0.2, 0.25) is 0 Å². The lowest BCUT2D eigenvalue weighted by molar-refractivity contribution is -0.130. The highest BCUT2D eigenvalue weighted by molar-refractivity contribution is 5.85. The van der Waals surface area contributed by atoms with E-state index in [1.54, 1.807) is 4.90 Å². The van der Waals surface area contributed by atoms with E-state index in [9.17, 15) is 4.79 Å². The maximum Gasteiger partial charge on any atom is 0.236 e. The zero-order valence-electron chi connectivity index (χ0n) is 9.56. The minimum absolute atomic E-state index is 0. The summed E-state index contributed by atoms with van der Waals surface area (Å²) in [5.74, 6) is 0.0145. The first-order chi connectivity index (χ1) is 7.27. The molecule has 0 aliphatic carbocycles. The average Bonchev–Trinajstić information content (AvgIpc) is 2.29. The van der Waals surface area contributed by atoms with Crippen LogP contribution >= 0.6 is 12.4 Å². The van der Waals surface area contributed by atoms with Crippen LogP contribution in [0.3, 0.4) is 0 Å². The molecule has 0 unspecified atom stereocenters. The molecule has 0 atom stereocenters. The van der Waals surface area contributed by atoms with Gasteiger partial charge in [-0.2, -0.15) is 0 Å². The SMILES string of the molecule is CCCN(Cc1ccccc1)C(=O)CN.Cl. The van der Waals surface area contributed by atoms with Crippen molar-refractivity contribution in [3.63, 3.8) is 0 Å². The Morgan fingerprint density at radius 2 is 1.94 bits per heavy atom. The first-order valence-corrected chi connectivity index (χ1v) is 5.29. The van der Waals surface area contributed by atoms with Gasteiger partial charge in [0.15, 0.2) is 0 Å². The lowest BCUT2D eigenvalue weighted by Gasteiger charge is -2.21. The third-order valence-electron chi connectivity index (χ3n) is 2.24. The highest BCUT2D eigenvalue weighted by Crippen LogP contribution is 2.04. The van der Waals surface area contributed by atoms with Crippen molar-refractivity contribution < 1.29 is 4.79 Å². The van der Waals surface area contributed by atoms with Crippen LogP contribution in [0, 0.1) is 0 Å². The fourth-order valence-corrected chi connectivity index (χ4v) is 1.49. The molecule has 1 aromatic carbocycles. The van der Waals surface area contributed by atoms with Crippen LogP contribution < -0.4 is 5.73 Å². The van der Waals surface area contributed by atoms with Crippen molar-refractivity contribution in [2.45, 2.75) is 19.9 Å². The minimum atomic E-state index is 0. The van der Waals surface area contributed by atoms with Gasteiger partial charge in [0.25, 0.3) is 0 Å². The van der Waals surface area contributed by atoms with E-state index in [4.69, 9.17) is 5.73 Å². The third kappa shape index (κ3) is 4.64. The van der Waals surface area contributed by atoms with Crippen molar-refractivity contribution in [3.8, 4) is 0 Å². The van der Waals surface area contributed by atoms with Crippen molar-refractivity contribution in [1.82, 2.24) is 4.90 Å². The molecular weight excluding hydrogens is 224 g/mol. The molecule has 0 aliphatic rings. The molecule has 90 valence electrons. The van der Waals surface area contributed by atoms with Crippen molar-refractivity contribution >= 4 is 18.3 Å². The Morgan fingerprint density at radius 3 is 2.44 bits per heavy atom. The predicted molar refractivity (Wildman–Crippen MR) is 68.5 cm³/mol. The van der Waals surface area contributed by atoms with Gasteiger partial charge in [-0.25, -0.2) is 0 Å².